The van der Waals surface area contributed by atoms with Crippen LogP contribution < -0.4 is 0 Å². The maximum atomic E-state index is 5.05. The first-order chi connectivity index (χ1) is 10.8. The number of benzene rings is 1. The van der Waals surface area contributed by atoms with Crippen LogP contribution in [0.25, 0.3) is 0 Å². The van der Waals surface area contributed by atoms with Gasteiger partial charge in [0.2, 0.25) is 0 Å². The van der Waals surface area contributed by atoms with Crippen LogP contribution in [0.3, 0.4) is 0 Å². The fourth-order valence-electron chi connectivity index (χ4n) is 4.38. The minimum absolute atomic E-state index is 0.432. The van der Waals surface area contributed by atoms with E-state index in [1.807, 2.05) is 11.8 Å². The van der Waals surface area contributed by atoms with E-state index in [0.717, 1.165) is 11.7 Å². The minimum Gasteiger partial charge on any atom is -0.342 e. The van der Waals surface area contributed by atoms with Gasteiger partial charge in [0.1, 0.15) is 0 Å². The second kappa shape index (κ2) is 6.34. The smallest absolute Gasteiger partial charge is 0.165 e. The highest BCUT2D eigenvalue weighted by Gasteiger charge is 2.49. The number of halogens is 1. The molecule has 0 bridgehead atoms. The van der Waals surface area contributed by atoms with Gasteiger partial charge in [-0.15, -0.1) is 0 Å². The lowest BCUT2D eigenvalue weighted by molar-refractivity contribution is 0.163. The number of hydrogen-bond donors (Lipinski definition) is 0. The molecule has 1 aliphatic heterocycles. The van der Waals surface area contributed by atoms with Crippen molar-refractivity contribution in [1.29, 1.82) is 0 Å². The second-order valence-electron chi connectivity index (χ2n) is 6.90. The van der Waals surface area contributed by atoms with Gasteiger partial charge < -0.3 is 4.90 Å². The Bertz CT molecular complexity index is 557. The minimum atomic E-state index is 0.432. The molecule has 1 spiro atoms. The summed E-state index contributed by atoms with van der Waals surface area (Å²) >= 11 is 4.36. The molecule has 22 heavy (non-hydrogen) atoms. The third-order valence-corrected chi connectivity index (χ3v) is 7.41. The van der Waals surface area contributed by atoms with Crippen molar-refractivity contribution in [2.75, 3.05) is 5.75 Å². The topological polar surface area (TPSA) is 15.6 Å². The van der Waals surface area contributed by atoms with Gasteiger partial charge >= 0.3 is 0 Å². The molecular weight excluding hydrogens is 403 g/mol. The van der Waals surface area contributed by atoms with E-state index >= 15 is 0 Å². The molecule has 0 aromatic heterocycles. The molecule has 2 nitrogen and oxygen atoms in total. The molecule has 0 radical (unpaired) electrons. The number of thioether (sulfide) groups is 1. The summed E-state index contributed by atoms with van der Waals surface area (Å²) in [5.74, 6) is 1.26. The molecular formula is C18H23IN2S. The summed E-state index contributed by atoms with van der Waals surface area (Å²) in [6, 6.07) is 9.37. The van der Waals surface area contributed by atoms with Crippen LogP contribution in [-0.2, 0) is 0 Å². The lowest BCUT2D eigenvalue weighted by atomic mass is 9.95. The quantitative estimate of drug-likeness (QED) is 0.574. The fourth-order valence-corrected chi connectivity index (χ4v) is 6.21. The van der Waals surface area contributed by atoms with Crippen molar-refractivity contribution >= 4 is 45.2 Å². The Labute approximate surface area is 151 Å². The Morgan fingerprint density at radius 2 is 1.73 bits per heavy atom. The van der Waals surface area contributed by atoms with Crippen molar-refractivity contribution in [2.45, 2.75) is 62.9 Å². The number of nitrogens with zero attached hydrogens (tertiary/aromatic N) is 2. The van der Waals surface area contributed by atoms with Gasteiger partial charge in [-0.25, -0.2) is 4.99 Å². The Hall–Kier alpha value is -0.230. The van der Waals surface area contributed by atoms with Gasteiger partial charge in [0.25, 0.3) is 0 Å². The summed E-state index contributed by atoms with van der Waals surface area (Å²) in [4.78, 5) is 7.82. The van der Waals surface area contributed by atoms with Crippen LogP contribution in [0.1, 0.15) is 51.4 Å². The summed E-state index contributed by atoms with van der Waals surface area (Å²) in [7, 11) is 0. The zero-order valence-corrected chi connectivity index (χ0v) is 15.9. The summed E-state index contributed by atoms with van der Waals surface area (Å²) in [6.45, 7) is 0. The Morgan fingerprint density at radius 3 is 2.41 bits per heavy atom. The largest absolute Gasteiger partial charge is 0.342 e. The molecule has 2 saturated carbocycles. The molecule has 0 N–H and O–H groups in total. The van der Waals surface area contributed by atoms with Crippen molar-refractivity contribution in [1.82, 2.24) is 4.90 Å². The molecule has 1 heterocycles. The molecule has 1 aromatic carbocycles. The van der Waals surface area contributed by atoms with Gasteiger partial charge in [-0.3, -0.25) is 0 Å². The first-order valence-corrected chi connectivity index (χ1v) is 10.6. The normalized spacial score (nSPS) is 26.6. The lowest BCUT2D eigenvalue weighted by Crippen LogP contribution is -2.50. The van der Waals surface area contributed by atoms with Gasteiger partial charge in [-0.05, 0) is 72.5 Å². The van der Waals surface area contributed by atoms with Crippen molar-refractivity contribution in [3.63, 3.8) is 0 Å². The van der Waals surface area contributed by atoms with Crippen molar-refractivity contribution in [2.24, 2.45) is 4.99 Å². The molecule has 1 saturated heterocycles. The van der Waals surface area contributed by atoms with Crippen molar-refractivity contribution < 1.29 is 0 Å². The summed E-state index contributed by atoms with van der Waals surface area (Å²) < 4.78 is 1.28. The fraction of sp³-hybridized carbons (Fsp3) is 0.611. The molecule has 3 aliphatic rings. The third-order valence-electron chi connectivity index (χ3n) is 5.46. The first-order valence-electron chi connectivity index (χ1n) is 8.53. The van der Waals surface area contributed by atoms with Gasteiger partial charge in [0, 0.05) is 15.4 Å². The number of hydrogen-bond acceptors (Lipinski definition) is 2. The summed E-state index contributed by atoms with van der Waals surface area (Å²) in [6.07, 6.45) is 11.1. The van der Waals surface area contributed by atoms with Crippen LogP contribution >= 0.6 is 34.4 Å². The number of amidine groups is 1. The van der Waals surface area contributed by atoms with Crippen LogP contribution in [0.5, 0.6) is 0 Å². The maximum Gasteiger partial charge on any atom is 0.165 e. The monoisotopic (exact) mass is 426 g/mol. The van der Waals surface area contributed by atoms with Crippen LogP contribution in [0.2, 0.25) is 0 Å². The van der Waals surface area contributed by atoms with E-state index in [4.69, 9.17) is 4.99 Å². The first kappa shape index (κ1) is 15.3. The molecule has 0 amide bonds. The maximum absolute atomic E-state index is 5.05. The number of aliphatic imine (C=N–C) groups is 1. The van der Waals surface area contributed by atoms with E-state index in [9.17, 15) is 0 Å². The van der Waals surface area contributed by atoms with E-state index in [1.165, 1.54) is 65.9 Å². The van der Waals surface area contributed by atoms with Gasteiger partial charge in [0.05, 0.1) is 11.2 Å². The molecule has 2 aliphatic carbocycles. The molecule has 4 rings (SSSR count). The Morgan fingerprint density at radius 1 is 1.05 bits per heavy atom. The van der Waals surface area contributed by atoms with Crippen molar-refractivity contribution in [3.8, 4) is 0 Å². The second-order valence-corrected chi connectivity index (χ2v) is 9.09. The Balaban J connectivity index is 1.66. The van der Waals surface area contributed by atoms with Gasteiger partial charge in [0.15, 0.2) is 5.17 Å². The summed E-state index contributed by atoms with van der Waals surface area (Å²) in [5, 5.41) is 1.30. The van der Waals surface area contributed by atoms with Crippen LogP contribution in [0.15, 0.2) is 29.3 Å². The number of rotatable bonds is 2. The zero-order valence-electron chi connectivity index (χ0n) is 12.9. The molecule has 0 unspecified atom stereocenters. The van der Waals surface area contributed by atoms with Crippen LogP contribution in [0, 0.1) is 3.57 Å². The van der Waals surface area contributed by atoms with E-state index in [0.29, 0.717) is 5.54 Å². The highest BCUT2D eigenvalue weighted by molar-refractivity contribution is 14.1. The lowest BCUT2D eigenvalue weighted by Gasteiger charge is -2.40. The zero-order chi connectivity index (χ0) is 15.0. The van der Waals surface area contributed by atoms with E-state index in [1.54, 1.807) is 0 Å². The van der Waals surface area contributed by atoms with Crippen LogP contribution in [-0.4, -0.2) is 27.4 Å². The highest BCUT2D eigenvalue weighted by atomic mass is 127. The molecule has 118 valence electrons. The average molecular weight is 426 g/mol. The third kappa shape index (κ3) is 2.81. The highest BCUT2D eigenvalue weighted by Crippen LogP contribution is 2.48. The SMILES string of the molecule is Ic1ccc(N=C2SCC3(CCCC3)N2C2CCCC2)cc1. The van der Waals surface area contributed by atoms with Gasteiger partial charge in [-0.1, -0.05) is 37.4 Å². The molecule has 1 aromatic rings. The summed E-state index contributed by atoms with van der Waals surface area (Å²) in [5.41, 5.74) is 1.54. The predicted octanol–water partition coefficient (Wildman–Crippen LogP) is 5.58. The molecule has 3 fully saturated rings. The van der Waals surface area contributed by atoms with Crippen LogP contribution in [0.4, 0.5) is 5.69 Å². The van der Waals surface area contributed by atoms with E-state index < -0.39 is 0 Å². The average Bonchev–Trinajstić information content (AvgIpc) is 3.25. The predicted molar refractivity (Wildman–Crippen MR) is 104 cm³/mol. The molecule has 0 atom stereocenters. The van der Waals surface area contributed by atoms with Gasteiger partial charge in [-0.2, -0.15) is 0 Å². The standard InChI is InChI=1S/C18H23IN2S/c19-14-7-9-15(10-8-14)20-17-21(16-5-1-2-6-16)18(13-22-17)11-3-4-12-18/h7-10,16H,1-6,11-13H2. The van der Waals surface area contributed by atoms with E-state index in [-0.39, 0.29) is 0 Å². The Kier molecular flexibility index (Phi) is 4.41. The van der Waals surface area contributed by atoms with E-state index in [2.05, 4.69) is 51.8 Å². The molecule has 4 heteroatoms. The van der Waals surface area contributed by atoms with Crippen molar-refractivity contribution in [3.05, 3.63) is 27.8 Å².